The number of hydrogen-bond acceptors (Lipinski definition) is 5. The standard InChI is InChI=1S/C22H18N4O4/c1-15-4-2-3-5-20(15)22(28)24-18-10-8-17(9-11-18)21(27)25-23-14-16-6-12-19(13-7-16)26(29)30/h2-14H,1H3,(H,24,28)(H,25,27)/b23-14+. The highest BCUT2D eigenvalue weighted by molar-refractivity contribution is 6.05. The lowest BCUT2D eigenvalue weighted by Gasteiger charge is -2.08. The average molecular weight is 402 g/mol. The smallest absolute Gasteiger partial charge is 0.271 e. The average Bonchev–Trinajstić information content (AvgIpc) is 2.74. The number of anilines is 1. The number of nitro benzene ring substituents is 1. The van der Waals surface area contributed by atoms with E-state index < -0.39 is 10.8 Å². The van der Waals surface area contributed by atoms with Crippen molar-refractivity contribution in [2.24, 2.45) is 5.10 Å². The molecule has 0 aliphatic heterocycles. The normalized spacial score (nSPS) is 10.6. The molecule has 8 nitrogen and oxygen atoms in total. The first-order chi connectivity index (χ1) is 14.4. The third kappa shape index (κ3) is 5.14. The van der Waals surface area contributed by atoms with E-state index in [2.05, 4.69) is 15.8 Å². The minimum Gasteiger partial charge on any atom is -0.322 e. The Hall–Kier alpha value is -4.33. The molecule has 150 valence electrons. The monoisotopic (exact) mass is 402 g/mol. The number of amides is 2. The van der Waals surface area contributed by atoms with Crippen LogP contribution in [0.4, 0.5) is 11.4 Å². The third-order valence-corrected chi connectivity index (χ3v) is 4.28. The zero-order chi connectivity index (χ0) is 21.5. The molecule has 0 spiro atoms. The largest absolute Gasteiger partial charge is 0.322 e. The Morgan fingerprint density at radius 2 is 1.60 bits per heavy atom. The number of nitrogens with one attached hydrogen (secondary N) is 2. The summed E-state index contributed by atoms with van der Waals surface area (Å²) in [5.41, 5.74) is 5.36. The topological polar surface area (TPSA) is 114 Å². The summed E-state index contributed by atoms with van der Waals surface area (Å²) in [6.07, 6.45) is 1.39. The first-order valence-electron chi connectivity index (χ1n) is 8.99. The van der Waals surface area contributed by atoms with Crippen LogP contribution in [0.5, 0.6) is 0 Å². The van der Waals surface area contributed by atoms with Crippen molar-refractivity contribution in [1.29, 1.82) is 0 Å². The van der Waals surface area contributed by atoms with Gasteiger partial charge in [-0.25, -0.2) is 5.43 Å². The van der Waals surface area contributed by atoms with Crippen LogP contribution >= 0.6 is 0 Å². The fraction of sp³-hybridized carbons (Fsp3) is 0.0455. The van der Waals surface area contributed by atoms with E-state index in [1.165, 1.54) is 30.5 Å². The summed E-state index contributed by atoms with van der Waals surface area (Å²) < 4.78 is 0. The van der Waals surface area contributed by atoms with Gasteiger partial charge in [0.15, 0.2) is 0 Å². The Kier molecular flexibility index (Phi) is 6.29. The molecule has 3 rings (SSSR count). The predicted molar refractivity (Wildman–Crippen MR) is 114 cm³/mol. The molecule has 0 atom stereocenters. The Balaban J connectivity index is 1.57. The van der Waals surface area contributed by atoms with Crippen LogP contribution in [0.25, 0.3) is 0 Å². The Labute approximate surface area is 172 Å². The van der Waals surface area contributed by atoms with Gasteiger partial charge in [0.2, 0.25) is 0 Å². The van der Waals surface area contributed by atoms with Gasteiger partial charge in [-0.1, -0.05) is 18.2 Å². The molecule has 30 heavy (non-hydrogen) atoms. The molecule has 0 saturated carbocycles. The zero-order valence-electron chi connectivity index (χ0n) is 16.0. The number of carbonyl (C=O) groups excluding carboxylic acids is 2. The number of nitrogens with zero attached hydrogens (tertiary/aromatic N) is 2. The second-order valence-corrected chi connectivity index (χ2v) is 6.39. The molecule has 0 aliphatic carbocycles. The lowest BCUT2D eigenvalue weighted by Crippen LogP contribution is -2.18. The van der Waals surface area contributed by atoms with Crippen molar-refractivity contribution in [3.63, 3.8) is 0 Å². The van der Waals surface area contributed by atoms with E-state index in [-0.39, 0.29) is 11.6 Å². The molecule has 0 radical (unpaired) electrons. The molecular formula is C22H18N4O4. The van der Waals surface area contributed by atoms with Crippen molar-refractivity contribution in [1.82, 2.24) is 5.43 Å². The molecule has 0 unspecified atom stereocenters. The van der Waals surface area contributed by atoms with Crippen molar-refractivity contribution in [2.75, 3.05) is 5.32 Å². The fourth-order valence-electron chi connectivity index (χ4n) is 2.64. The number of hydrogen-bond donors (Lipinski definition) is 2. The Morgan fingerprint density at radius 3 is 2.23 bits per heavy atom. The van der Waals surface area contributed by atoms with Crippen LogP contribution in [0.3, 0.4) is 0 Å². The van der Waals surface area contributed by atoms with E-state index in [0.29, 0.717) is 22.4 Å². The quantitative estimate of drug-likeness (QED) is 0.369. The van der Waals surface area contributed by atoms with Gasteiger partial charge in [-0.15, -0.1) is 0 Å². The van der Waals surface area contributed by atoms with Crippen molar-refractivity contribution < 1.29 is 14.5 Å². The van der Waals surface area contributed by atoms with Crippen LogP contribution in [0.1, 0.15) is 31.8 Å². The van der Waals surface area contributed by atoms with E-state index in [0.717, 1.165) is 5.56 Å². The van der Waals surface area contributed by atoms with E-state index >= 15 is 0 Å². The van der Waals surface area contributed by atoms with E-state index in [9.17, 15) is 19.7 Å². The maximum absolute atomic E-state index is 12.3. The molecule has 0 heterocycles. The molecule has 0 fully saturated rings. The van der Waals surface area contributed by atoms with Gasteiger partial charge in [-0.05, 0) is 60.5 Å². The first kappa shape index (κ1) is 20.4. The lowest BCUT2D eigenvalue weighted by molar-refractivity contribution is -0.384. The van der Waals surface area contributed by atoms with E-state index in [4.69, 9.17) is 0 Å². The van der Waals surface area contributed by atoms with Crippen LogP contribution in [0.2, 0.25) is 0 Å². The number of nitro groups is 1. The van der Waals surface area contributed by atoms with Gasteiger partial charge >= 0.3 is 0 Å². The van der Waals surface area contributed by atoms with Crippen molar-refractivity contribution in [3.05, 3.63) is 105 Å². The molecule has 0 aliphatic rings. The van der Waals surface area contributed by atoms with Crippen LogP contribution in [-0.2, 0) is 0 Å². The first-order valence-corrected chi connectivity index (χ1v) is 8.99. The summed E-state index contributed by atoms with van der Waals surface area (Å²) in [6.45, 7) is 1.86. The molecule has 0 saturated heterocycles. The molecule has 0 bridgehead atoms. The number of benzene rings is 3. The fourth-order valence-corrected chi connectivity index (χ4v) is 2.64. The minimum atomic E-state index is -0.490. The second kappa shape index (κ2) is 9.24. The van der Waals surface area contributed by atoms with Crippen LogP contribution in [0.15, 0.2) is 77.9 Å². The highest BCUT2D eigenvalue weighted by atomic mass is 16.6. The maximum atomic E-state index is 12.3. The van der Waals surface area contributed by atoms with Gasteiger partial charge in [-0.3, -0.25) is 19.7 Å². The molecule has 2 amide bonds. The van der Waals surface area contributed by atoms with Gasteiger partial charge in [-0.2, -0.15) is 5.10 Å². The van der Waals surface area contributed by atoms with Gasteiger partial charge in [0, 0.05) is 28.9 Å². The molecule has 3 aromatic carbocycles. The zero-order valence-corrected chi connectivity index (χ0v) is 16.0. The number of aryl methyl sites for hydroxylation is 1. The molecule has 8 heteroatoms. The SMILES string of the molecule is Cc1ccccc1C(=O)Nc1ccc(C(=O)N/N=C/c2ccc([N+](=O)[O-])cc2)cc1. The second-order valence-electron chi connectivity index (χ2n) is 6.39. The van der Waals surface area contributed by atoms with Gasteiger partial charge < -0.3 is 5.32 Å². The highest BCUT2D eigenvalue weighted by Gasteiger charge is 2.09. The van der Waals surface area contributed by atoms with Crippen molar-refractivity contribution in [2.45, 2.75) is 6.92 Å². The van der Waals surface area contributed by atoms with Crippen molar-refractivity contribution in [3.8, 4) is 0 Å². The van der Waals surface area contributed by atoms with Gasteiger partial charge in [0.05, 0.1) is 11.1 Å². The number of carbonyl (C=O) groups is 2. The minimum absolute atomic E-state index is 0.0224. The summed E-state index contributed by atoms with van der Waals surface area (Å²) in [6, 6.07) is 19.4. The molecule has 2 N–H and O–H groups in total. The summed E-state index contributed by atoms with van der Waals surface area (Å²) in [4.78, 5) is 34.7. The summed E-state index contributed by atoms with van der Waals surface area (Å²) in [5.74, 6) is -0.650. The van der Waals surface area contributed by atoms with Gasteiger partial charge in [0.25, 0.3) is 17.5 Å². The number of hydrazone groups is 1. The Bertz CT molecular complexity index is 1110. The van der Waals surface area contributed by atoms with Gasteiger partial charge in [0.1, 0.15) is 0 Å². The van der Waals surface area contributed by atoms with Crippen LogP contribution in [0, 0.1) is 17.0 Å². The summed E-state index contributed by atoms with van der Waals surface area (Å²) >= 11 is 0. The summed E-state index contributed by atoms with van der Waals surface area (Å²) in [5, 5.41) is 17.3. The number of rotatable bonds is 6. The third-order valence-electron chi connectivity index (χ3n) is 4.28. The molecular weight excluding hydrogens is 384 g/mol. The maximum Gasteiger partial charge on any atom is 0.271 e. The van der Waals surface area contributed by atoms with E-state index in [1.54, 1.807) is 36.4 Å². The predicted octanol–water partition coefficient (Wildman–Crippen LogP) is 3.92. The lowest BCUT2D eigenvalue weighted by atomic mass is 10.1. The molecule has 0 aromatic heterocycles. The van der Waals surface area contributed by atoms with Crippen molar-refractivity contribution >= 4 is 29.4 Å². The number of non-ortho nitro benzene ring substituents is 1. The molecule has 3 aromatic rings. The Morgan fingerprint density at radius 1 is 0.933 bits per heavy atom. The van der Waals surface area contributed by atoms with Crippen LogP contribution < -0.4 is 10.7 Å². The van der Waals surface area contributed by atoms with E-state index in [1.807, 2.05) is 19.1 Å². The summed E-state index contributed by atoms with van der Waals surface area (Å²) in [7, 11) is 0. The van der Waals surface area contributed by atoms with Crippen LogP contribution in [-0.4, -0.2) is 23.0 Å². The highest BCUT2D eigenvalue weighted by Crippen LogP contribution is 2.14.